The SMILES string of the molecule is CC(C)(CO)CNc1ccccc1N1CCOCC1. The maximum Gasteiger partial charge on any atom is 0.0642 e. The van der Waals surface area contributed by atoms with Crippen LogP contribution in [0.25, 0.3) is 0 Å². The number of para-hydroxylation sites is 2. The summed E-state index contributed by atoms with van der Waals surface area (Å²) in [6.07, 6.45) is 0. The second kappa shape index (κ2) is 6.26. The van der Waals surface area contributed by atoms with Crippen molar-refractivity contribution in [2.24, 2.45) is 5.41 Å². The summed E-state index contributed by atoms with van der Waals surface area (Å²) >= 11 is 0. The summed E-state index contributed by atoms with van der Waals surface area (Å²) in [4.78, 5) is 2.35. The molecule has 0 saturated carbocycles. The molecule has 0 amide bonds. The molecule has 1 aliphatic heterocycles. The van der Waals surface area contributed by atoms with E-state index in [1.54, 1.807) is 0 Å². The number of aliphatic hydroxyl groups is 1. The highest BCUT2D eigenvalue weighted by Gasteiger charge is 2.18. The summed E-state index contributed by atoms with van der Waals surface area (Å²) < 4.78 is 5.40. The van der Waals surface area contributed by atoms with Crippen molar-refractivity contribution in [3.8, 4) is 0 Å². The normalized spacial score (nSPS) is 16.5. The minimum absolute atomic E-state index is 0.113. The van der Waals surface area contributed by atoms with Gasteiger partial charge in [-0.05, 0) is 12.1 Å². The van der Waals surface area contributed by atoms with Crippen LogP contribution in [0, 0.1) is 5.41 Å². The molecule has 4 heteroatoms. The highest BCUT2D eigenvalue weighted by atomic mass is 16.5. The van der Waals surface area contributed by atoms with Gasteiger partial charge in [0.2, 0.25) is 0 Å². The van der Waals surface area contributed by atoms with Crippen LogP contribution in [-0.4, -0.2) is 44.6 Å². The first-order valence-corrected chi connectivity index (χ1v) is 6.89. The van der Waals surface area contributed by atoms with E-state index in [9.17, 15) is 5.11 Å². The summed E-state index contributed by atoms with van der Waals surface area (Å²) in [5.41, 5.74) is 2.24. The Bertz CT molecular complexity index is 401. The van der Waals surface area contributed by atoms with Crippen molar-refractivity contribution in [2.45, 2.75) is 13.8 Å². The molecule has 1 aromatic rings. The maximum absolute atomic E-state index is 9.32. The van der Waals surface area contributed by atoms with Crippen molar-refractivity contribution in [2.75, 3.05) is 49.7 Å². The molecule has 1 saturated heterocycles. The van der Waals surface area contributed by atoms with Crippen LogP contribution in [0.5, 0.6) is 0 Å². The zero-order valence-corrected chi connectivity index (χ0v) is 11.9. The molecule has 0 atom stereocenters. The standard InChI is InChI=1S/C15H24N2O2/c1-15(2,12-18)11-16-13-5-3-4-6-14(13)17-7-9-19-10-8-17/h3-6,16,18H,7-12H2,1-2H3. The average molecular weight is 264 g/mol. The van der Waals surface area contributed by atoms with E-state index in [0.717, 1.165) is 38.5 Å². The number of hydrogen-bond donors (Lipinski definition) is 2. The van der Waals surface area contributed by atoms with Crippen LogP contribution in [-0.2, 0) is 4.74 Å². The number of ether oxygens (including phenoxy) is 1. The molecule has 1 aliphatic rings. The molecule has 4 nitrogen and oxygen atoms in total. The molecule has 0 unspecified atom stereocenters. The molecule has 1 fully saturated rings. The van der Waals surface area contributed by atoms with Gasteiger partial charge in [-0.3, -0.25) is 0 Å². The molecule has 1 aromatic carbocycles. The van der Waals surface area contributed by atoms with E-state index in [1.165, 1.54) is 5.69 Å². The van der Waals surface area contributed by atoms with E-state index < -0.39 is 0 Å². The van der Waals surface area contributed by atoms with Gasteiger partial charge < -0.3 is 20.1 Å². The average Bonchev–Trinajstić information content (AvgIpc) is 2.46. The fourth-order valence-electron chi connectivity index (χ4n) is 2.09. The number of morpholine rings is 1. The third kappa shape index (κ3) is 3.85. The third-order valence-electron chi connectivity index (χ3n) is 3.44. The lowest BCUT2D eigenvalue weighted by molar-refractivity contribution is 0.123. The lowest BCUT2D eigenvalue weighted by Gasteiger charge is -2.31. The number of hydrogen-bond acceptors (Lipinski definition) is 4. The Hall–Kier alpha value is -1.26. The minimum Gasteiger partial charge on any atom is -0.396 e. The largest absolute Gasteiger partial charge is 0.396 e. The summed E-state index contributed by atoms with van der Waals surface area (Å²) in [6, 6.07) is 8.34. The van der Waals surface area contributed by atoms with E-state index in [2.05, 4.69) is 42.3 Å². The molecule has 0 radical (unpaired) electrons. The van der Waals surface area contributed by atoms with Gasteiger partial charge in [-0.2, -0.15) is 0 Å². The molecule has 19 heavy (non-hydrogen) atoms. The predicted molar refractivity (Wildman–Crippen MR) is 78.8 cm³/mol. The monoisotopic (exact) mass is 264 g/mol. The Kier molecular flexibility index (Phi) is 4.66. The zero-order valence-electron chi connectivity index (χ0n) is 11.9. The fraction of sp³-hybridized carbons (Fsp3) is 0.600. The second-order valence-electron chi connectivity index (χ2n) is 5.79. The first kappa shape index (κ1) is 14.2. The van der Waals surface area contributed by atoms with Crippen LogP contribution >= 0.6 is 0 Å². The Morgan fingerprint density at radius 3 is 2.63 bits per heavy atom. The number of nitrogens with one attached hydrogen (secondary N) is 1. The predicted octanol–water partition coefficient (Wildman–Crippen LogP) is 1.95. The van der Waals surface area contributed by atoms with Crippen LogP contribution in [0.3, 0.4) is 0 Å². The van der Waals surface area contributed by atoms with Gasteiger partial charge in [0.25, 0.3) is 0 Å². The van der Waals surface area contributed by atoms with Crippen molar-refractivity contribution in [1.29, 1.82) is 0 Å². The van der Waals surface area contributed by atoms with Gasteiger partial charge in [0.05, 0.1) is 24.6 Å². The molecule has 2 N–H and O–H groups in total. The van der Waals surface area contributed by atoms with Gasteiger partial charge in [-0.25, -0.2) is 0 Å². The number of anilines is 2. The minimum atomic E-state index is -0.113. The molecule has 0 aromatic heterocycles. The van der Waals surface area contributed by atoms with E-state index in [-0.39, 0.29) is 12.0 Å². The molecule has 106 valence electrons. The molecule has 2 rings (SSSR count). The summed E-state index contributed by atoms with van der Waals surface area (Å²) in [6.45, 7) is 8.48. The number of nitrogens with zero attached hydrogens (tertiary/aromatic N) is 1. The van der Waals surface area contributed by atoms with Crippen molar-refractivity contribution >= 4 is 11.4 Å². The van der Waals surface area contributed by atoms with Crippen molar-refractivity contribution in [3.05, 3.63) is 24.3 Å². The molecular weight excluding hydrogens is 240 g/mol. The Morgan fingerprint density at radius 1 is 1.26 bits per heavy atom. The summed E-state index contributed by atoms with van der Waals surface area (Å²) in [5, 5.41) is 12.8. The van der Waals surface area contributed by atoms with Crippen LogP contribution in [0.15, 0.2) is 24.3 Å². The number of rotatable bonds is 5. The first-order chi connectivity index (χ1) is 9.12. The summed E-state index contributed by atoms with van der Waals surface area (Å²) in [7, 11) is 0. The topological polar surface area (TPSA) is 44.7 Å². The molecule has 0 aliphatic carbocycles. The van der Waals surface area contributed by atoms with Gasteiger partial charge in [-0.1, -0.05) is 26.0 Å². The van der Waals surface area contributed by atoms with E-state index >= 15 is 0 Å². The Morgan fingerprint density at radius 2 is 1.95 bits per heavy atom. The van der Waals surface area contributed by atoms with Gasteiger partial charge >= 0.3 is 0 Å². The summed E-state index contributed by atoms with van der Waals surface area (Å²) in [5.74, 6) is 0. The van der Waals surface area contributed by atoms with Crippen LogP contribution < -0.4 is 10.2 Å². The second-order valence-corrected chi connectivity index (χ2v) is 5.79. The van der Waals surface area contributed by atoms with E-state index in [4.69, 9.17) is 4.74 Å². The highest BCUT2D eigenvalue weighted by Crippen LogP contribution is 2.27. The fourth-order valence-corrected chi connectivity index (χ4v) is 2.09. The lowest BCUT2D eigenvalue weighted by atomic mass is 9.95. The van der Waals surface area contributed by atoms with Crippen LogP contribution in [0.1, 0.15) is 13.8 Å². The van der Waals surface area contributed by atoms with Crippen LogP contribution in [0.4, 0.5) is 11.4 Å². The Balaban J connectivity index is 2.07. The maximum atomic E-state index is 9.32. The smallest absolute Gasteiger partial charge is 0.0642 e. The first-order valence-electron chi connectivity index (χ1n) is 6.89. The lowest BCUT2D eigenvalue weighted by Crippen LogP contribution is -2.37. The Labute approximate surface area is 115 Å². The quantitative estimate of drug-likeness (QED) is 0.853. The van der Waals surface area contributed by atoms with Gasteiger partial charge in [0.15, 0.2) is 0 Å². The van der Waals surface area contributed by atoms with Crippen molar-refractivity contribution in [1.82, 2.24) is 0 Å². The highest BCUT2D eigenvalue weighted by molar-refractivity contribution is 5.70. The molecule has 1 heterocycles. The third-order valence-corrected chi connectivity index (χ3v) is 3.44. The van der Waals surface area contributed by atoms with Crippen molar-refractivity contribution < 1.29 is 9.84 Å². The van der Waals surface area contributed by atoms with E-state index in [1.807, 2.05) is 6.07 Å². The van der Waals surface area contributed by atoms with Gasteiger partial charge in [0.1, 0.15) is 0 Å². The van der Waals surface area contributed by atoms with E-state index in [0.29, 0.717) is 0 Å². The van der Waals surface area contributed by atoms with Gasteiger partial charge in [0, 0.05) is 31.7 Å². The van der Waals surface area contributed by atoms with Crippen molar-refractivity contribution in [3.63, 3.8) is 0 Å². The molecular formula is C15H24N2O2. The number of aliphatic hydroxyl groups excluding tert-OH is 1. The molecule has 0 bridgehead atoms. The van der Waals surface area contributed by atoms with Crippen LogP contribution in [0.2, 0.25) is 0 Å². The van der Waals surface area contributed by atoms with Gasteiger partial charge in [-0.15, -0.1) is 0 Å². The zero-order chi connectivity index (χ0) is 13.7. The molecule has 0 spiro atoms. The number of benzene rings is 1.